The molecule has 0 bridgehead atoms. The Bertz CT molecular complexity index is 1030. The van der Waals surface area contributed by atoms with Gasteiger partial charge in [0.2, 0.25) is 10.0 Å². The van der Waals surface area contributed by atoms with Gasteiger partial charge in [-0.3, -0.25) is 13.9 Å². The number of nitrogens with zero attached hydrogens (tertiary/aromatic N) is 1. The molecule has 1 aliphatic heterocycles. The van der Waals surface area contributed by atoms with Crippen molar-refractivity contribution in [2.24, 2.45) is 0 Å². The highest BCUT2D eigenvalue weighted by molar-refractivity contribution is 7.93. The first-order valence-electron chi connectivity index (χ1n) is 9.04. The molecule has 9 heteroatoms. The Kier molecular flexibility index (Phi) is 6.44. The molecule has 2 aromatic carbocycles. The fourth-order valence-corrected chi connectivity index (χ4v) is 5.04. The summed E-state index contributed by atoms with van der Waals surface area (Å²) in [5.74, 6) is -0.846. The van der Waals surface area contributed by atoms with Crippen molar-refractivity contribution in [1.29, 1.82) is 0 Å². The smallest absolute Gasteiger partial charge is 0.307 e. The third-order valence-electron chi connectivity index (χ3n) is 4.68. The van der Waals surface area contributed by atoms with E-state index in [0.717, 1.165) is 0 Å². The number of amides is 1. The summed E-state index contributed by atoms with van der Waals surface area (Å²) >= 11 is 6.24. The van der Waals surface area contributed by atoms with Crippen molar-refractivity contribution < 1.29 is 22.7 Å². The van der Waals surface area contributed by atoms with Gasteiger partial charge < -0.3 is 10.1 Å². The van der Waals surface area contributed by atoms with Gasteiger partial charge >= 0.3 is 5.97 Å². The van der Waals surface area contributed by atoms with Gasteiger partial charge in [0.1, 0.15) is 0 Å². The van der Waals surface area contributed by atoms with E-state index in [-0.39, 0.29) is 17.7 Å². The molecule has 0 spiro atoms. The highest BCUT2D eigenvalue weighted by atomic mass is 35.5. The highest BCUT2D eigenvalue weighted by Gasteiger charge is 2.29. The van der Waals surface area contributed by atoms with Crippen molar-refractivity contribution in [3.63, 3.8) is 0 Å². The molecule has 0 aromatic heterocycles. The van der Waals surface area contributed by atoms with Crippen molar-refractivity contribution in [3.8, 4) is 0 Å². The van der Waals surface area contributed by atoms with Gasteiger partial charge in [-0.15, -0.1) is 0 Å². The predicted molar refractivity (Wildman–Crippen MR) is 110 cm³/mol. The van der Waals surface area contributed by atoms with Gasteiger partial charge in [0, 0.05) is 17.1 Å². The number of sulfonamides is 1. The summed E-state index contributed by atoms with van der Waals surface area (Å²) in [5, 5.41) is 3.22. The van der Waals surface area contributed by atoms with E-state index in [1.165, 1.54) is 17.5 Å². The van der Waals surface area contributed by atoms with E-state index in [4.69, 9.17) is 16.3 Å². The lowest BCUT2D eigenvalue weighted by atomic mass is 10.0. The number of carbonyl (C=O) groups is 2. The second kappa shape index (κ2) is 8.84. The number of benzene rings is 2. The highest BCUT2D eigenvalue weighted by Crippen LogP contribution is 2.27. The first-order chi connectivity index (χ1) is 13.8. The molecule has 2 aromatic rings. The Morgan fingerprint density at radius 2 is 1.97 bits per heavy atom. The monoisotopic (exact) mass is 436 g/mol. The van der Waals surface area contributed by atoms with Crippen molar-refractivity contribution in [2.45, 2.75) is 18.9 Å². The molecule has 29 heavy (non-hydrogen) atoms. The summed E-state index contributed by atoms with van der Waals surface area (Å²) in [6.45, 7) is 0.387. The fraction of sp³-hybridized carbons (Fsp3) is 0.300. The van der Waals surface area contributed by atoms with Crippen LogP contribution in [0.2, 0.25) is 5.02 Å². The van der Waals surface area contributed by atoms with Crippen LogP contribution in [0, 0.1) is 0 Å². The van der Waals surface area contributed by atoms with Gasteiger partial charge in [0.25, 0.3) is 5.91 Å². The van der Waals surface area contributed by atoms with Crippen LogP contribution >= 0.6 is 11.6 Å². The van der Waals surface area contributed by atoms with Gasteiger partial charge in [0.15, 0.2) is 0 Å². The molecule has 0 aliphatic carbocycles. The zero-order valence-electron chi connectivity index (χ0n) is 15.8. The lowest BCUT2D eigenvalue weighted by Gasteiger charge is -2.21. The Morgan fingerprint density at radius 3 is 2.62 bits per heavy atom. The summed E-state index contributed by atoms with van der Waals surface area (Å²) in [6.07, 6.45) is 0.457. The number of hydrogen-bond acceptors (Lipinski definition) is 5. The number of hydrogen-bond donors (Lipinski definition) is 1. The summed E-state index contributed by atoms with van der Waals surface area (Å²) < 4.78 is 30.4. The van der Waals surface area contributed by atoms with Crippen LogP contribution < -0.4 is 9.62 Å². The molecule has 1 heterocycles. The first-order valence-corrected chi connectivity index (χ1v) is 11.0. The van der Waals surface area contributed by atoms with Crippen LogP contribution in [0.25, 0.3) is 0 Å². The molecule has 1 fully saturated rings. The third kappa shape index (κ3) is 4.89. The maximum absolute atomic E-state index is 12.9. The summed E-state index contributed by atoms with van der Waals surface area (Å²) in [5.41, 5.74) is 1.31. The molecule has 0 radical (unpaired) electrons. The van der Waals surface area contributed by atoms with Crippen LogP contribution in [-0.2, 0) is 19.6 Å². The SMILES string of the molecule is COC(=O)C[C@H](NC(=O)c1cccc(N2CCCS2(=O)=O)c1)c1ccccc1Cl. The number of halogens is 1. The maximum atomic E-state index is 12.9. The largest absolute Gasteiger partial charge is 0.469 e. The van der Waals surface area contributed by atoms with Crippen LogP contribution in [0.5, 0.6) is 0 Å². The predicted octanol–water partition coefficient (Wildman–Crippen LogP) is 2.91. The number of esters is 1. The lowest BCUT2D eigenvalue weighted by Crippen LogP contribution is -2.31. The maximum Gasteiger partial charge on any atom is 0.307 e. The molecule has 1 amide bonds. The summed E-state index contributed by atoms with van der Waals surface area (Å²) in [7, 11) is -2.08. The summed E-state index contributed by atoms with van der Waals surface area (Å²) in [4.78, 5) is 24.7. The van der Waals surface area contributed by atoms with E-state index in [2.05, 4.69) is 5.32 Å². The number of rotatable bonds is 6. The molecular formula is C20H21ClN2O5S. The zero-order chi connectivity index (χ0) is 21.0. The topological polar surface area (TPSA) is 92.8 Å². The van der Waals surface area contributed by atoms with Crippen LogP contribution in [0.1, 0.15) is 34.8 Å². The Morgan fingerprint density at radius 1 is 1.21 bits per heavy atom. The number of nitrogens with one attached hydrogen (secondary N) is 1. The third-order valence-corrected chi connectivity index (χ3v) is 6.89. The molecule has 3 rings (SSSR count). The number of methoxy groups -OCH3 is 1. The first kappa shape index (κ1) is 21.1. The Balaban J connectivity index is 1.85. The van der Waals surface area contributed by atoms with Crippen molar-refractivity contribution in [2.75, 3.05) is 23.7 Å². The van der Waals surface area contributed by atoms with Gasteiger partial charge in [0.05, 0.1) is 31.0 Å². The van der Waals surface area contributed by atoms with Crippen molar-refractivity contribution in [3.05, 3.63) is 64.7 Å². The van der Waals surface area contributed by atoms with Crippen molar-refractivity contribution in [1.82, 2.24) is 5.32 Å². The molecule has 0 unspecified atom stereocenters. The van der Waals surface area contributed by atoms with E-state index in [0.29, 0.717) is 29.2 Å². The zero-order valence-corrected chi connectivity index (χ0v) is 17.4. The van der Waals surface area contributed by atoms with Gasteiger partial charge in [-0.05, 0) is 36.2 Å². The average Bonchev–Trinajstić information content (AvgIpc) is 3.06. The van der Waals surface area contributed by atoms with Gasteiger partial charge in [-0.25, -0.2) is 8.42 Å². The molecule has 1 atom stereocenters. The normalized spacial score (nSPS) is 16.3. The fourth-order valence-electron chi connectivity index (χ4n) is 3.22. The second-order valence-electron chi connectivity index (χ2n) is 6.62. The molecule has 1 saturated heterocycles. The number of ether oxygens (including phenoxy) is 1. The lowest BCUT2D eigenvalue weighted by molar-refractivity contribution is -0.141. The second-order valence-corrected chi connectivity index (χ2v) is 9.04. The molecule has 1 N–H and O–H groups in total. The molecule has 1 aliphatic rings. The molecule has 0 saturated carbocycles. The van der Waals surface area contributed by atoms with Crippen LogP contribution in [-0.4, -0.2) is 39.7 Å². The molecule has 7 nitrogen and oxygen atoms in total. The summed E-state index contributed by atoms with van der Waals surface area (Å²) in [6, 6.07) is 12.6. The van der Waals surface area contributed by atoms with E-state index >= 15 is 0 Å². The van der Waals surface area contributed by atoms with E-state index in [9.17, 15) is 18.0 Å². The van der Waals surface area contributed by atoms with E-state index < -0.39 is 27.9 Å². The number of anilines is 1. The van der Waals surface area contributed by atoms with E-state index in [1.54, 1.807) is 42.5 Å². The Hall–Kier alpha value is -2.58. The van der Waals surface area contributed by atoms with E-state index in [1.807, 2.05) is 0 Å². The average molecular weight is 437 g/mol. The molecule has 154 valence electrons. The number of carbonyl (C=O) groups excluding carboxylic acids is 2. The van der Waals surface area contributed by atoms with Gasteiger partial charge in [-0.2, -0.15) is 0 Å². The minimum atomic E-state index is -3.35. The van der Waals surface area contributed by atoms with Crippen LogP contribution in [0.15, 0.2) is 48.5 Å². The van der Waals surface area contributed by atoms with Crippen molar-refractivity contribution >= 4 is 39.2 Å². The standard InChI is InChI=1S/C20H21ClN2O5S/c1-28-19(24)13-18(16-8-2-3-9-17(16)21)22-20(25)14-6-4-7-15(12-14)23-10-5-11-29(23,26)27/h2-4,6-9,12,18H,5,10-11,13H2,1H3,(H,22,25)/t18-/m0/s1. The minimum absolute atomic E-state index is 0.0911. The van der Waals surface area contributed by atoms with Gasteiger partial charge in [-0.1, -0.05) is 35.9 Å². The van der Waals surface area contributed by atoms with Crippen LogP contribution in [0.4, 0.5) is 5.69 Å². The minimum Gasteiger partial charge on any atom is -0.469 e. The molecular weight excluding hydrogens is 416 g/mol. The van der Waals surface area contributed by atoms with Crippen LogP contribution in [0.3, 0.4) is 0 Å². The Labute approximate surface area is 174 Å². The quantitative estimate of drug-likeness (QED) is 0.703.